The van der Waals surface area contributed by atoms with Crippen LogP contribution in [0.25, 0.3) is 0 Å². The Hall–Kier alpha value is 2.23. The maximum atomic E-state index is 8.62. The quantitative estimate of drug-likeness (QED) is 0.179. The van der Waals surface area contributed by atoms with Crippen LogP contribution in [0.2, 0.25) is 0 Å². The fourth-order valence-corrected chi connectivity index (χ4v) is 0. The van der Waals surface area contributed by atoms with E-state index in [1.807, 2.05) is 0 Å². The zero-order valence-electron chi connectivity index (χ0n) is 6.39. The standard InChI is InChI=1S/Fe.3IO4/c;3*2-1(3,4)5/q+3;3*-1. The SMILES string of the molecule is [Fe+3].[O-][I+3]([O-])([O-])[O-].[O-][I+3]([O-])([O-])[O-].[O-][I+3]([O-])([O-])[O-]. The van der Waals surface area contributed by atoms with Crippen LogP contribution in [0.5, 0.6) is 0 Å². The Morgan fingerprint density at radius 3 is 0.312 bits per heavy atom. The predicted molar refractivity (Wildman–Crippen MR) is 0 cm³/mol. The van der Waals surface area contributed by atoms with Crippen LogP contribution in [-0.2, 0) is 17.1 Å². The maximum absolute atomic E-state index is 8.62. The Morgan fingerprint density at radius 2 is 0.312 bits per heavy atom. The maximum Gasteiger partial charge on any atom is 3.00 e. The molecule has 16 heteroatoms. The summed E-state index contributed by atoms with van der Waals surface area (Å²) in [6.07, 6.45) is 0. The summed E-state index contributed by atoms with van der Waals surface area (Å²) in [7, 11) is 0. The van der Waals surface area contributed by atoms with Gasteiger partial charge in [0, 0.05) is 0 Å². The van der Waals surface area contributed by atoms with Crippen molar-refractivity contribution in [3.8, 4) is 0 Å². The van der Waals surface area contributed by atoms with Crippen LogP contribution in [0.1, 0.15) is 0 Å². The first kappa shape index (κ1) is 26.7. The molecule has 0 aliphatic carbocycles. The van der Waals surface area contributed by atoms with Gasteiger partial charge in [-0.3, -0.25) is 41.2 Å². The average Bonchev–Trinajstić information content (AvgIpc) is 1.41. The minimum Gasteiger partial charge on any atom is -0.286 e. The number of hydrogen-bond acceptors (Lipinski definition) is 12. The van der Waals surface area contributed by atoms with Crippen LogP contribution in [0.4, 0.5) is 0 Å². The fourth-order valence-electron chi connectivity index (χ4n) is 0. The van der Waals surface area contributed by atoms with E-state index in [0.29, 0.717) is 0 Å². The second kappa shape index (κ2) is 11.1. The third-order valence-electron chi connectivity index (χ3n) is 0. The van der Waals surface area contributed by atoms with E-state index in [2.05, 4.69) is 0 Å². The largest absolute Gasteiger partial charge is 3.00 e. The first-order valence-corrected chi connectivity index (χ1v) is 12.4. The van der Waals surface area contributed by atoms with Gasteiger partial charge < -0.3 is 0 Å². The van der Waals surface area contributed by atoms with Crippen LogP contribution >= 0.6 is 0 Å². The molecule has 0 spiro atoms. The smallest absolute Gasteiger partial charge is 0.286 e. The molecule has 0 aromatic rings. The summed E-state index contributed by atoms with van der Waals surface area (Å²) in [6, 6.07) is 0. The molecule has 0 saturated heterocycles. The summed E-state index contributed by atoms with van der Waals surface area (Å²) >= 11 is -17.8. The zero-order chi connectivity index (χ0) is 13.5. The van der Waals surface area contributed by atoms with Gasteiger partial charge in [0.15, 0.2) is 0 Å². The van der Waals surface area contributed by atoms with Crippen LogP contribution in [0, 0.1) is 0 Å². The summed E-state index contributed by atoms with van der Waals surface area (Å²) in [4.78, 5) is 0. The van der Waals surface area contributed by atoms with Gasteiger partial charge in [0.05, 0.1) is 0 Å². The Labute approximate surface area is 117 Å². The summed E-state index contributed by atoms with van der Waals surface area (Å²) in [5.41, 5.74) is 0. The number of hydrogen-bond donors (Lipinski definition) is 0. The summed E-state index contributed by atoms with van der Waals surface area (Å²) in [6.45, 7) is 0. The molecule has 0 aromatic carbocycles. The molecule has 0 N–H and O–H groups in total. The van der Waals surface area contributed by atoms with Crippen molar-refractivity contribution in [3.63, 3.8) is 0 Å². The van der Waals surface area contributed by atoms with Gasteiger partial charge in [-0.15, -0.1) is 0 Å². The van der Waals surface area contributed by atoms with Gasteiger partial charge >= 0.3 is 17.1 Å². The zero-order valence-corrected chi connectivity index (χ0v) is 14.0. The van der Waals surface area contributed by atoms with Crippen molar-refractivity contribution in [2.75, 3.05) is 0 Å². The molecule has 101 valence electrons. The van der Waals surface area contributed by atoms with Gasteiger partial charge in [-0.05, 0) is 0 Å². The molecule has 0 unspecified atom stereocenters. The predicted octanol–water partition coefficient (Wildman–Crippen LogP) is -23.3. The van der Waals surface area contributed by atoms with Crippen LogP contribution in [-0.4, -0.2) is 0 Å². The van der Waals surface area contributed by atoms with E-state index in [0.717, 1.165) is 0 Å². The van der Waals surface area contributed by atoms with Gasteiger partial charge in [-0.25, -0.2) is 0 Å². The normalized spacial score (nSPS) is 11.2. The van der Waals surface area contributed by atoms with E-state index in [1.54, 1.807) is 0 Å². The van der Waals surface area contributed by atoms with Gasteiger partial charge in [0.1, 0.15) is 60.3 Å². The van der Waals surface area contributed by atoms with Gasteiger partial charge in [0.25, 0.3) is 0 Å². The Bertz CT molecular complexity index is 91.3. The topological polar surface area (TPSA) is 277 Å². The molecule has 0 amide bonds. The van der Waals surface area contributed by atoms with Crippen molar-refractivity contribution >= 4 is 0 Å². The third-order valence-corrected chi connectivity index (χ3v) is 0. The minimum atomic E-state index is -5.94. The fraction of sp³-hybridized carbons (Fsp3) is 0. The molecule has 12 nitrogen and oxygen atoms in total. The van der Waals surface area contributed by atoms with Crippen molar-refractivity contribution < 1.29 is 119 Å². The second-order valence-electron chi connectivity index (χ2n) is 1.13. The van der Waals surface area contributed by atoms with E-state index < -0.39 is 60.3 Å². The Balaban J connectivity index is -0.0000000655. The molecule has 0 rings (SSSR count). The molecule has 16 heavy (non-hydrogen) atoms. The first-order valence-electron chi connectivity index (χ1n) is 1.85. The van der Waals surface area contributed by atoms with E-state index in [1.165, 1.54) is 0 Å². The molecule has 0 heterocycles. The van der Waals surface area contributed by atoms with Gasteiger partial charge in [-0.2, -0.15) is 0 Å². The molecule has 1 radical (unpaired) electrons. The van der Waals surface area contributed by atoms with Crippen molar-refractivity contribution in [1.82, 2.24) is 0 Å². The van der Waals surface area contributed by atoms with Crippen molar-refractivity contribution in [3.05, 3.63) is 0 Å². The second-order valence-corrected chi connectivity index (χ2v) is 7.61. The molecule has 0 saturated carbocycles. The molecule has 0 aromatic heterocycles. The molecule has 0 aliphatic rings. The molecular formula is FeI3O12. The summed E-state index contributed by atoms with van der Waals surface area (Å²) in [5, 5.41) is 0. The van der Waals surface area contributed by atoms with E-state index in [-0.39, 0.29) is 17.1 Å². The van der Waals surface area contributed by atoms with Crippen molar-refractivity contribution in [2.24, 2.45) is 0 Å². The van der Waals surface area contributed by atoms with Gasteiger partial charge in [0.2, 0.25) is 0 Å². The molecule has 0 aliphatic heterocycles. The minimum absolute atomic E-state index is 0. The Morgan fingerprint density at radius 1 is 0.312 bits per heavy atom. The number of rotatable bonds is 0. The van der Waals surface area contributed by atoms with Crippen LogP contribution in [0.15, 0.2) is 0 Å². The van der Waals surface area contributed by atoms with E-state index in [4.69, 9.17) is 41.2 Å². The van der Waals surface area contributed by atoms with E-state index >= 15 is 0 Å². The van der Waals surface area contributed by atoms with Crippen LogP contribution < -0.4 is 102 Å². The average molecular weight is 629 g/mol. The first-order chi connectivity index (χ1) is 6.00. The van der Waals surface area contributed by atoms with Crippen molar-refractivity contribution in [2.45, 2.75) is 0 Å². The molecule has 0 bridgehead atoms. The molecular weight excluding hydrogens is 629 g/mol. The van der Waals surface area contributed by atoms with Gasteiger partial charge in [-0.1, -0.05) is 0 Å². The summed E-state index contributed by atoms with van der Waals surface area (Å²) < 4.78 is 103. The number of halogens is 3. The van der Waals surface area contributed by atoms with E-state index in [9.17, 15) is 0 Å². The third kappa shape index (κ3) is 757. The summed E-state index contributed by atoms with van der Waals surface area (Å²) in [5.74, 6) is 0. The Kier molecular flexibility index (Phi) is 18.5. The monoisotopic (exact) mass is 629 g/mol. The van der Waals surface area contributed by atoms with Crippen molar-refractivity contribution in [1.29, 1.82) is 0 Å². The molecule has 0 fully saturated rings. The van der Waals surface area contributed by atoms with Crippen LogP contribution in [0.3, 0.4) is 0 Å². The molecule has 0 atom stereocenters.